The number of benzene rings is 2. The molecule has 6 heteroatoms. The molecule has 0 atom stereocenters. The van der Waals surface area contributed by atoms with E-state index in [1.54, 1.807) is 0 Å². The van der Waals surface area contributed by atoms with Crippen LogP contribution in [0, 0.1) is 11.8 Å². The van der Waals surface area contributed by atoms with Crippen LogP contribution >= 0.6 is 11.8 Å². The van der Waals surface area contributed by atoms with Crippen molar-refractivity contribution >= 4 is 11.8 Å². The standard InChI is InChI=1S/C25H23NO4S/c27-23-11-14-30-24(25(23)28)18-31-22-9-7-20(8-10-22)2-1-19-3-5-21(6-4-19)17-26-12-15-29-16-13-26/h3-11,14,28H,12-13,15-18H2. The molecule has 1 saturated heterocycles. The van der Waals surface area contributed by atoms with Gasteiger partial charge in [-0.15, -0.1) is 11.8 Å². The number of thioether (sulfide) groups is 1. The summed E-state index contributed by atoms with van der Waals surface area (Å²) in [6.45, 7) is 4.53. The largest absolute Gasteiger partial charge is 0.502 e. The highest BCUT2D eigenvalue weighted by molar-refractivity contribution is 7.98. The number of hydrogen-bond acceptors (Lipinski definition) is 6. The lowest BCUT2D eigenvalue weighted by molar-refractivity contribution is 0.0342. The fourth-order valence-corrected chi connectivity index (χ4v) is 4.02. The second kappa shape index (κ2) is 10.4. The predicted octanol–water partition coefficient (Wildman–Crippen LogP) is 3.87. The molecule has 0 radical (unpaired) electrons. The van der Waals surface area contributed by atoms with E-state index in [2.05, 4.69) is 41.0 Å². The topological polar surface area (TPSA) is 62.9 Å². The van der Waals surface area contributed by atoms with Gasteiger partial charge in [-0.3, -0.25) is 9.69 Å². The second-order valence-electron chi connectivity index (χ2n) is 7.21. The summed E-state index contributed by atoms with van der Waals surface area (Å²) in [5.74, 6) is 6.73. The normalized spacial score (nSPS) is 14.1. The molecule has 1 N–H and O–H groups in total. The van der Waals surface area contributed by atoms with Gasteiger partial charge in [0, 0.05) is 41.7 Å². The molecule has 0 amide bonds. The number of aromatic hydroxyl groups is 1. The van der Waals surface area contributed by atoms with E-state index in [0.717, 1.165) is 48.9 Å². The first-order chi connectivity index (χ1) is 15.2. The van der Waals surface area contributed by atoms with Gasteiger partial charge in [-0.1, -0.05) is 24.0 Å². The van der Waals surface area contributed by atoms with Crippen molar-refractivity contribution in [2.45, 2.75) is 17.2 Å². The number of hydrogen-bond donors (Lipinski definition) is 1. The van der Waals surface area contributed by atoms with Crippen LogP contribution in [0.3, 0.4) is 0 Å². The molecule has 5 nitrogen and oxygen atoms in total. The number of ether oxygens (including phenoxy) is 1. The summed E-state index contributed by atoms with van der Waals surface area (Å²) in [5, 5.41) is 9.75. The Morgan fingerprint density at radius 1 is 0.935 bits per heavy atom. The lowest BCUT2D eigenvalue weighted by atomic mass is 10.1. The van der Waals surface area contributed by atoms with Gasteiger partial charge in [0.2, 0.25) is 11.2 Å². The Bertz CT molecular complexity index is 1120. The Balaban J connectivity index is 1.33. The maximum absolute atomic E-state index is 11.5. The van der Waals surface area contributed by atoms with Crippen molar-refractivity contribution in [3.05, 3.63) is 93.5 Å². The van der Waals surface area contributed by atoms with Crippen LogP contribution in [0.4, 0.5) is 0 Å². The summed E-state index contributed by atoms with van der Waals surface area (Å²) >= 11 is 1.48. The average Bonchev–Trinajstić information content (AvgIpc) is 2.81. The Morgan fingerprint density at radius 3 is 2.26 bits per heavy atom. The van der Waals surface area contributed by atoms with Gasteiger partial charge in [-0.2, -0.15) is 0 Å². The maximum atomic E-state index is 11.5. The number of rotatable bonds is 5. The van der Waals surface area contributed by atoms with Gasteiger partial charge in [-0.05, 0) is 42.0 Å². The van der Waals surface area contributed by atoms with Crippen LogP contribution in [-0.4, -0.2) is 36.3 Å². The third kappa shape index (κ3) is 6.02. The van der Waals surface area contributed by atoms with Crippen LogP contribution in [0.5, 0.6) is 5.75 Å². The third-order valence-electron chi connectivity index (χ3n) is 4.97. The van der Waals surface area contributed by atoms with Crippen molar-refractivity contribution in [2.75, 3.05) is 26.3 Å². The van der Waals surface area contributed by atoms with E-state index >= 15 is 0 Å². The molecule has 3 aromatic rings. The van der Waals surface area contributed by atoms with Crippen molar-refractivity contribution in [2.24, 2.45) is 0 Å². The Labute approximate surface area is 185 Å². The molecule has 2 aromatic carbocycles. The summed E-state index contributed by atoms with van der Waals surface area (Å²) in [5.41, 5.74) is 2.77. The maximum Gasteiger partial charge on any atom is 0.226 e. The Hall–Kier alpha value is -2.98. The van der Waals surface area contributed by atoms with Crippen molar-refractivity contribution < 1.29 is 14.3 Å². The molecule has 0 saturated carbocycles. The summed E-state index contributed by atoms with van der Waals surface area (Å²) in [7, 11) is 0. The van der Waals surface area contributed by atoms with Crippen LogP contribution in [0.25, 0.3) is 0 Å². The Morgan fingerprint density at radius 2 is 1.58 bits per heavy atom. The molecule has 158 valence electrons. The minimum absolute atomic E-state index is 0.276. The molecular formula is C25H23NO4S. The molecular weight excluding hydrogens is 410 g/mol. The number of nitrogens with zero attached hydrogens (tertiary/aromatic N) is 1. The van der Waals surface area contributed by atoms with E-state index in [-0.39, 0.29) is 11.5 Å². The quantitative estimate of drug-likeness (QED) is 0.487. The van der Waals surface area contributed by atoms with Gasteiger partial charge < -0.3 is 14.3 Å². The van der Waals surface area contributed by atoms with Gasteiger partial charge in [0.05, 0.1) is 25.2 Å². The third-order valence-corrected chi connectivity index (χ3v) is 5.98. The summed E-state index contributed by atoms with van der Waals surface area (Å²) in [6.07, 6.45) is 1.30. The molecule has 1 aliphatic rings. The van der Waals surface area contributed by atoms with E-state index in [0.29, 0.717) is 5.75 Å². The zero-order valence-electron chi connectivity index (χ0n) is 17.0. The molecule has 1 aliphatic heterocycles. The smallest absolute Gasteiger partial charge is 0.226 e. The molecule has 0 aliphatic carbocycles. The lowest BCUT2D eigenvalue weighted by Gasteiger charge is -2.26. The molecule has 31 heavy (non-hydrogen) atoms. The average molecular weight is 434 g/mol. The monoisotopic (exact) mass is 433 g/mol. The van der Waals surface area contributed by atoms with E-state index in [9.17, 15) is 9.90 Å². The molecule has 0 bridgehead atoms. The summed E-state index contributed by atoms with van der Waals surface area (Å²) < 4.78 is 10.6. The highest BCUT2D eigenvalue weighted by Crippen LogP contribution is 2.25. The van der Waals surface area contributed by atoms with E-state index < -0.39 is 5.43 Å². The van der Waals surface area contributed by atoms with Gasteiger partial charge in [0.1, 0.15) is 0 Å². The second-order valence-corrected chi connectivity index (χ2v) is 8.25. The predicted molar refractivity (Wildman–Crippen MR) is 121 cm³/mol. The van der Waals surface area contributed by atoms with Crippen LogP contribution in [0.15, 0.2) is 75.0 Å². The zero-order chi connectivity index (χ0) is 21.5. The highest BCUT2D eigenvalue weighted by Gasteiger charge is 2.10. The molecule has 2 heterocycles. The molecule has 1 fully saturated rings. The summed E-state index contributed by atoms with van der Waals surface area (Å²) in [4.78, 5) is 14.9. The van der Waals surface area contributed by atoms with Gasteiger partial charge in [0.15, 0.2) is 5.76 Å². The minimum Gasteiger partial charge on any atom is -0.502 e. The minimum atomic E-state index is -0.429. The summed E-state index contributed by atoms with van der Waals surface area (Å²) in [6, 6.07) is 17.5. The molecule has 4 rings (SSSR count). The first-order valence-electron chi connectivity index (χ1n) is 10.1. The van der Waals surface area contributed by atoms with Crippen LogP contribution in [0.2, 0.25) is 0 Å². The van der Waals surface area contributed by atoms with E-state index in [4.69, 9.17) is 9.15 Å². The molecule has 1 aromatic heterocycles. The van der Waals surface area contributed by atoms with Crippen LogP contribution in [-0.2, 0) is 17.0 Å². The van der Waals surface area contributed by atoms with Gasteiger partial charge in [-0.25, -0.2) is 0 Å². The Kier molecular flexibility index (Phi) is 7.11. The SMILES string of the molecule is O=c1ccoc(CSc2ccc(C#Cc3ccc(CN4CCOCC4)cc3)cc2)c1O. The van der Waals surface area contributed by atoms with Crippen molar-refractivity contribution in [3.8, 4) is 17.6 Å². The van der Waals surface area contributed by atoms with Gasteiger partial charge in [0.25, 0.3) is 0 Å². The number of morpholine rings is 1. The first kappa shape index (κ1) is 21.3. The van der Waals surface area contributed by atoms with Crippen LogP contribution in [0.1, 0.15) is 22.5 Å². The molecule has 0 unspecified atom stereocenters. The van der Waals surface area contributed by atoms with Crippen molar-refractivity contribution in [1.82, 2.24) is 4.90 Å². The van der Waals surface area contributed by atoms with E-state index in [1.807, 2.05) is 24.3 Å². The molecule has 0 spiro atoms. The highest BCUT2D eigenvalue weighted by atomic mass is 32.2. The zero-order valence-corrected chi connectivity index (χ0v) is 17.9. The fraction of sp³-hybridized carbons (Fsp3) is 0.240. The van der Waals surface area contributed by atoms with Crippen molar-refractivity contribution in [3.63, 3.8) is 0 Å². The van der Waals surface area contributed by atoms with Crippen LogP contribution < -0.4 is 5.43 Å². The van der Waals surface area contributed by atoms with Crippen molar-refractivity contribution in [1.29, 1.82) is 0 Å². The van der Waals surface area contributed by atoms with E-state index in [1.165, 1.54) is 29.7 Å². The first-order valence-corrected chi connectivity index (χ1v) is 11.1. The lowest BCUT2D eigenvalue weighted by Crippen LogP contribution is -2.35. The fourth-order valence-electron chi connectivity index (χ4n) is 3.19. The van der Waals surface area contributed by atoms with Gasteiger partial charge >= 0.3 is 0 Å².